The highest BCUT2D eigenvalue weighted by Gasteiger charge is 2.20. The van der Waals surface area contributed by atoms with Crippen LogP contribution in [0.15, 0.2) is 12.5 Å². The molecule has 82 valence electrons. The number of carboxylic acids is 1. The van der Waals surface area contributed by atoms with Crippen molar-refractivity contribution < 1.29 is 14.6 Å². The van der Waals surface area contributed by atoms with Gasteiger partial charge in [-0.25, -0.2) is 14.8 Å². The molecule has 5 heteroatoms. The molecule has 0 atom stereocenters. The molecule has 1 N–H and O–H groups in total. The van der Waals surface area contributed by atoms with Crippen LogP contribution in [0.3, 0.4) is 0 Å². The Morgan fingerprint density at radius 3 is 2.73 bits per heavy atom. The van der Waals surface area contributed by atoms with Crippen molar-refractivity contribution in [2.24, 2.45) is 0 Å². The SMILES string of the molecule is CC(C)(C)c1cncnc1OCC(=O)O. The Morgan fingerprint density at radius 1 is 1.53 bits per heavy atom. The van der Waals surface area contributed by atoms with Crippen molar-refractivity contribution in [3.8, 4) is 5.88 Å². The summed E-state index contributed by atoms with van der Waals surface area (Å²) in [6, 6.07) is 0. The van der Waals surface area contributed by atoms with E-state index in [4.69, 9.17) is 9.84 Å². The summed E-state index contributed by atoms with van der Waals surface area (Å²) in [7, 11) is 0. The molecule has 0 fully saturated rings. The number of carbonyl (C=O) groups is 1. The molecule has 1 rings (SSSR count). The van der Waals surface area contributed by atoms with E-state index in [1.165, 1.54) is 6.33 Å². The van der Waals surface area contributed by atoms with Gasteiger partial charge in [-0.2, -0.15) is 0 Å². The van der Waals surface area contributed by atoms with Crippen LogP contribution in [0.1, 0.15) is 26.3 Å². The van der Waals surface area contributed by atoms with E-state index in [1.54, 1.807) is 6.20 Å². The second-order valence-corrected chi connectivity index (χ2v) is 4.17. The minimum Gasteiger partial charge on any atom is -0.479 e. The number of rotatable bonds is 3. The number of ether oxygens (including phenoxy) is 1. The minimum absolute atomic E-state index is 0.172. The van der Waals surface area contributed by atoms with Crippen LogP contribution >= 0.6 is 0 Å². The van der Waals surface area contributed by atoms with E-state index < -0.39 is 5.97 Å². The highest BCUT2D eigenvalue weighted by molar-refractivity contribution is 5.68. The van der Waals surface area contributed by atoms with Gasteiger partial charge >= 0.3 is 5.97 Å². The summed E-state index contributed by atoms with van der Waals surface area (Å²) in [5.41, 5.74) is 0.626. The van der Waals surface area contributed by atoms with E-state index in [1.807, 2.05) is 20.8 Å². The Bertz CT molecular complexity index is 358. The van der Waals surface area contributed by atoms with Crippen molar-refractivity contribution in [3.05, 3.63) is 18.1 Å². The quantitative estimate of drug-likeness (QED) is 0.812. The fourth-order valence-corrected chi connectivity index (χ4v) is 1.08. The van der Waals surface area contributed by atoms with E-state index in [9.17, 15) is 4.79 Å². The summed E-state index contributed by atoms with van der Waals surface area (Å²) in [6.07, 6.45) is 2.98. The van der Waals surface area contributed by atoms with Crippen molar-refractivity contribution in [3.63, 3.8) is 0 Å². The predicted octanol–water partition coefficient (Wildman–Crippen LogP) is 1.24. The lowest BCUT2D eigenvalue weighted by atomic mass is 9.89. The fourth-order valence-electron chi connectivity index (χ4n) is 1.08. The number of aliphatic carboxylic acids is 1. The van der Waals surface area contributed by atoms with Gasteiger partial charge in [-0.3, -0.25) is 0 Å². The number of nitrogens with zero attached hydrogens (tertiary/aromatic N) is 2. The molecule has 0 saturated heterocycles. The van der Waals surface area contributed by atoms with Crippen LogP contribution in [0.4, 0.5) is 0 Å². The molecule has 5 nitrogen and oxygen atoms in total. The summed E-state index contributed by atoms with van der Waals surface area (Å²) >= 11 is 0. The van der Waals surface area contributed by atoms with Gasteiger partial charge in [0, 0.05) is 11.8 Å². The van der Waals surface area contributed by atoms with Crippen molar-refractivity contribution in [2.75, 3.05) is 6.61 Å². The molecular formula is C10H14N2O3. The van der Waals surface area contributed by atoms with E-state index in [0.717, 1.165) is 5.56 Å². The van der Waals surface area contributed by atoms with Crippen molar-refractivity contribution in [1.82, 2.24) is 9.97 Å². The average Bonchev–Trinajstić information content (AvgIpc) is 2.13. The van der Waals surface area contributed by atoms with Gasteiger partial charge in [0.2, 0.25) is 5.88 Å². The third-order valence-electron chi connectivity index (χ3n) is 1.82. The number of aromatic nitrogens is 2. The second-order valence-electron chi connectivity index (χ2n) is 4.17. The van der Waals surface area contributed by atoms with Crippen LogP contribution in [0.2, 0.25) is 0 Å². The van der Waals surface area contributed by atoms with Gasteiger partial charge < -0.3 is 9.84 Å². The zero-order valence-electron chi connectivity index (χ0n) is 9.02. The lowest BCUT2D eigenvalue weighted by Crippen LogP contribution is -2.17. The lowest BCUT2D eigenvalue weighted by molar-refractivity contribution is -0.139. The molecule has 15 heavy (non-hydrogen) atoms. The average molecular weight is 210 g/mol. The smallest absolute Gasteiger partial charge is 0.341 e. The van der Waals surface area contributed by atoms with E-state index in [0.29, 0.717) is 5.88 Å². The molecule has 1 aromatic rings. The van der Waals surface area contributed by atoms with E-state index in [-0.39, 0.29) is 12.0 Å². The molecule has 1 aromatic heterocycles. The highest BCUT2D eigenvalue weighted by Crippen LogP contribution is 2.28. The molecule has 0 aliphatic carbocycles. The summed E-state index contributed by atoms with van der Waals surface area (Å²) in [6.45, 7) is 5.57. The third-order valence-corrected chi connectivity index (χ3v) is 1.82. The van der Waals surface area contributed by atoms with Gasteiger partial charge in [0.25, 0.3) is 0 Å². The molecular weight excluding hydrogens is 196 g/mol. The van der Waals surface area contributed by atoms with Gasteiger partial charge in [-0.1, -0.05) is 20.8 Å². The number of hydrogen-bond donors (Lipinski definition) is 1. The Hall–Kier alpha value is -1.65. The maximum absolute atomic E-state index is 10.4. The monoisotopic (exact) mass is 210 g/mol. The van der Waals surface area contributed by atoms with Crippen LogP contribution in [0, 0.1) is 0 Å². The van der Waals surface area contributed by atoms with Crippen LogP contribution in [0.5, 0.6) is 5.88 Å². The molecule has 0 spiro atoms. The number of hydrogen-bond acceptors (Lipinski definition) is 4. The van der Waals surface area contributed by atoms with Gasteiger partial charge in [-0.15, -0.1) is 0 Å². The molecule has 1 heterocycles. The Kier molecular flexibility index (Phi) is 3.24. The van der Waals surface area contributed by atoms with Gasteiger partial charge in [-0.05, 0) is 5.41 Å². The first-order chi connectivity index (χ1) is 6.91. The first kappa shape index (κ1) is 11.4. The first-order valence-corrected chi connectivity index (χ1v) is 4.56. The van der Waals surface area contributed by atoms with Crippen molar-refractivity contribution in [2.45, 2.75) is 26.2 Å². The minimum atomic E-state index is -1.02. The molecule has 0 bridgehead atoms. The number of carboxylic acid groups (broad SMARTS) is 1. The Morgan fingerprint density at radius 2 is 2.20 bits per heavy atom. The Balaban J connectivity index is 2.92. The predicted molar refractivity (Wildman–Crippen MR) is 53.9 cm³/mol. The van der Waals surface area contributed by atoms with E-state index in [2.05, 4.69) is 9.97 Å². The van der Waals surface area contributed by atoms with Crippen molar-refractivity contribution >= 4 is 5.97 Å². The fraction of sp³-hybridized carbons (Fsp3) is 0.500. The van der Waals surface area contributed by atoms with Gasteiger partial charge in [0.05, 0.1) is 0 Å². The van der Waals surface area contributed by atoms with Crippen LogP contribution < -0.4 is 4.74 Å². The second kappa shape index (κ2) is 4.25. The highest BCUT2D eigenvalue weighted by atomic mass is 16.5. The topological polar surface area (TPSA) is 72.3 Å². The molecule has 0 amide bonds. The molecule has 0 radical (unpaired) electrons. The molecule has 0 aliphatic rings. The van der Waals surface area contributed by atoms with Crippen LogP contribution in [0.25, 0.3) is 0 Å². The molecule has 0 unspecified atom stereocenters. The summed E-state index contributed by atoms with van der Waals surface area (Å²) < 4.78 is 5.07. The van der Waals surface area contributed by atoms with Crippen LogP contribution in [-0.2, 0) is 10.2 Å². The standard InChI is InChI=1S/C10H14N2O3/c1-10(2,3)7-4-11-6-12-9(7)15-5-8(13)14/h4,6H,5H2,1-3H3,(H,13,14). The normalized spacial score (nSPS) is 11.1. The molecule has 0 saturated carbocycles. The zero-order chi connectivity index (χ0) is 11.5. The zero-order valence-corrected chi connectivity index (χ0v) is 9.02. The largest absolute Gasteiger partial charge is 0.479 e. The summed E-state index contributed by atoms with van der Waals surface area (Å²) in [5.74, 6) is -0.687. The maximum Gasteiger partial charge on any atom is 0.341 e. The maximum atomic E-state index is 10.4. The third kappa shape index (κ3) is 3.19. The molecule has 0 aromatic carbocycles. The first-order valence-electron chi connectivity index (χ1n) is 4.56. The van der Waals surface area contributed by atoms with Gasteiger partial charge in [0.15, 0.2) is 6.61 Å². The van der Waals surface area contributed by atoms with Crippen molar-refractivity contribution in [1.29, 1.82) is 0 Å². The van der Waals surface area contributed by atoms with Crippen LogP contribution in [-0.4, -0.2) is 27.7 Å². The summed E-state index contributed by atoms with van der Waals surface area (Å²) in [4.78, 5) is 18.2. The Labute approximate surface area is 88.1 Å². The lowest BCUT2D eigenvalue weighted by Gasteiger charge is -2.20. The van der Waals surface area contributed by atoms with Gasteiger partial charge in [0.1, 0.15) is 6.33 Å². The summed E-state index contributed by atoms with van der Waals surface area (Å²) in [5, 5.41) is 8.50. The van der Waals surface area contributed by atoms with E-state index >= 15 is 0 Å². The molecule has 0 aliphatic heterocycles.